The number of aliphatic carboxylic acids is 2. The number of rotatable bonds is 11. The first-order valence-corrected chi connectivity index (χ1v) is 13.3. The molecular weight excluding hydrogens is 628 g/mol. The normalized spacial score (nSPS) is 12.8. The minimum Gasteiger partial charge on any atom is -0.506 e. The molecule has 0 saturated heterocycles. The largest absolute Gasteiger partial charge is 0.506 e. The molecule has 2 atom stereocenters. The van der Waals surface area contributed by atoms with Crippen LogP contribution in [0.5, 0.6) is 5.75 Å². The predicted octanol–water partition coefficient (Wildman–Crippen LogP) is 3.55. The lowest BCUT2D eigenvalue weighted by Crippen LogP contribution is -2.29. The zero-order chi connectivity index (χ0) is 33.7. The maximum Gasteiger partial charge on any atom is 0.490 e. The molecule has 1 aromatic heterocycles. The van der Waals surface area contributed by atoms with Gasteiger partial charge in [-0.15, -0.1) is 0 Å². The molecule has 3 aromatic rings. The number of benzene rings is 2. The van der Waals surface area contributed by atoms with Crippen molar-refractivity contribution in [1.29, 1.82) is 0 Å². The van der Waals surface area contributed by atoms with Gasteiger partial charge < -0.3 is 40.8 Å². The van der Waals surface area contributed by atoms with Crippen molar-refractivity contribution in [3.63, 3.8) is 0 Å². The Balaban J connectivity index is 0.000000574. The topological polar surface area (TPSA) is 181 Å². The molecule has 3 rings (SSSR count). The van der Waals surface area contributed by atoms with Crippen LogP contribution in [0.4, 0.5) is 26.3 Å². The molecule has 7 N–H and O–H groups in total. The van der Waals surface area contributed by atoms with E-state index >= 15 is 0 Å². The predicted molar refractivity (Wildman–Crippen MR) is 148 cm³/mol. The Morgan fingerprint density at radius 3 is 2.14 bits per heavy atom. The molecule has 0 amide bonds. The van der Waals surface area contributed by atoms with E-state index in [2.05, 4.69) is 46.8 Å². The molecule has 0 bridgehead atoms. The van der Waals surface area contributed by atoms with Gasteiger partial charge in [0.25, 0.3) is 0 Å². The van der Waals surface area contributed by atoms with E-state index in [-0.39, 0.29) is 10.6 Å². The highest BCUT2D eigenvalue weighted by Crippen LogP contribution is 2.31. The number of alkyl halides is 6. The van der Waals surface area contributed by atoms with Crippen molar-refractivity contribution in [2.75, 3.05) is 26.8 Å². The number of aliphatic hydroxyl groups excluding tert-OH is 1. The van der Waals surface area contributed by atoms with Crippen LogP contribution in [0.15, 0.2) is 41.2 Å². The number of carboxylic acid groups (broad SMARTS) is 2. The number of methoxy groups -OCH3 is 1. The van der Waals surface area contributed by atoms with Crippen LogP contribution in [0.2, 0.25) is 0 Å². The van der Waals surface area contributed by atoms with Crippen LogP contribution >= 0.6 is 11.3 Å². The molecule has 246 valence electrons. The van der Waals surface area contributed by atoms with Crippen molar-refractivity contribution in [3.8, 4) is 5.75 Å². The van der Waals surface area contributed by atoms with Gasteiger partial charge in [-0.2, -0.15) is 26.3 Å². The molecule has 0 aliphatic heterocycles. The third kappa shape index (κ3) is 13.7. The number of halogens is 6. The number of H-pyrrole nitrogens is 1. The highest BCUT2D eigenvalue weighted by Gasteiger charge is 2.38. The van der Waals surface area contributed by atoms with Crippen LogP contribution in [0.1, 0.15) is 29.7 Å². The van der Waals surface area contributed by atoms with Crippen LogP contribution < -0.4 is 15.5 Å². The summed E-state index contributed by atoms with van der Waals surface area (Å²) in [6, 6.07) is 11.9. The fourth-order valence-corrected chi connectivity index (χ4v) is 4.30. The Labute approximate surface area is 250 Å². The molecule has 0 unspecified atom stereocenters. The van der Waals surface area contributed by atoms with Gasteiger partial charge in [-0.05, 0) is 37.1 Å². The lowest BCUT2D eigenvalue weighted by molar-refractivity contribution is -0.193. The smallest absolute Gasteiger partial charge is 0.490 e. The molecule has 18 heteroatoms. The zero-order valence-electron chi connectivity index (χ0n) is 23.3. The number of aromatic nitrogens is 1. The summed E-state index contributed by atoms with van der Waals surface area (Å²) in [4.78, 5) is 31.8. The SMILES string of the molecule is COC[C@@H](C)NCc1cccc(CCNC[C@H](O)c2ccc(O)c3[nH]c(=O)sc23)c1.O=C(O)C(F)(F)F.O=C(O)C(F)(F)F. The number of phenols is 1. The van der Waals surface area contributed by atoms with Crippen molar-refractivity contribution in [3.05, 3.63) is 62.8 Å². The van der Waals surface area contributed by atoms with Crippen molar-refractivity contribution >= 4 is 33.5 Å². The number of aromatic hydroxyl groups is 1. The Hall–Kier alpha value is -3.71. The molecule has 1 heterocycles. The highest BCUT2D eigenvalue weighted by atomic mass is 32.1. The van der Waals surface area contributed by atoms with E-state index in [4.69, 9.17) is 24.5 Å². The summed E-state index contributed by atoms with van der Waals surface area (Å²) in [5.41, 5.74) is 3.47. The summed E-state index contributed by atoms with van der Waals surface area (Å²) >= 11 is 0.996. The maximum absolute atomic E-state index is 11.6. The zero-order valence-corrected chi connectivity index (χ0v) is 24.1. The van der Waals surface area contributed by atoms with E-state index in [0.29, 0.717) is 35.0 Å². The average Bonchev–Trinajstić information content (AvgIpc) is 3.32. The number of thiazole rings is 1. The first kappa shape index (κ1) is 38.3. The molecular formula is C26H31F6N3O8S. The Morgan fingerprint density at radius 2 is 1.59 bits per heavy atom. The maximum atomic E-state index is 11.6. The van der Waals surface area contributed by atoms with E-state index in [0.717, 1.165) is 30.8 Å². The highest BCUT2D eigenvalue weighted by molar-refractivity contribution is 7.16. The number of fused-ring (bicyclic) bond motifs is 1. The first-order chi connectivity index (χ1) is 20.4. The third-order valence-electron chi connectivity index (χ3n) is 5.42. The van der Waals surface area contributed by atoms with Gasteiger partial charge >= 0.3 is 29.2 Å². The van der Waals surface area contributed by atoms with Crippen LogP contribution in [0.3, 0.4) is 0 Å². The summed E-state index contributed by atoms with van der Waals surface area (Å²) in [6.45, 7) is 4.65. The van der Waals surface area contributed by atoms with Crippen LogP contribution in [-0.2, 0) is 27.3 Å². The Morgan fingerprint density at radius 1 is 1.02 bits per heavy atom. The lowest BCUT2D eigenvalue weighted by Gasteiger charge is -2.14. The van der Waals surface area contributed by atoms with Gasteiger partial charge in [-0.3, -0.25) is 4.79 Å². The molecule has 0 saturated carbocycles. The summed E-state index contributed by atoms with van der Waals surface area (Å²) in [7, 11) is 1.70. The molecule has 11 nitrogen and oxygen atoms in total. The number of aliphatic hydroxyl groups is 1. The van der Waals surface area contributed by atoms with Gasteiger partial charge in [0, 0.05) is 31.8 Å². The molecule has 0 aliphatic rings. The first-order valence-electron chi connectivity index (χ1n) is 12.5. The molecule has 2 aromatic carbocycles. The van der Waals surface area contributed by atoms with Crippen LogP contribution in [0.25, 0.3) is 10.2 Å². The number of hydrogen-bond acceptors (Lipinski definition) is 9. The van der Waals surface area contributed by atoms with Gasteiger partial charge in [0.05, 0.1) is 17.4 Å². The molecule has 0 radical (unpaired) electrons. The van der Waals surface area contributed by atoms with Gasteiger partial charge in [-0.1, -0.05) is 41.7 Å². The lowest BCUT2D eigenvalue weighted by atomic mass is 10.1. The van der Waals surface area contributed by atoms with E-state index in [1.807, 2.05) is 0 Å². The van der Waals surface area contributed by atoms with Gasteiger partial charge in [0.1, 0.15) is 11.3 Å². The standard InChI is InChI=1S/C22H29N3O4S.2C2HF3O2/c1-14(13-29-2)24-11-16-5-3-4-15(10-16)8-9-23-12-19(27)17-6-7-18(26)20-21(17)30-22(28)25-20;2*3-2(4,5)1(6)7/h3-7,10,14,19,23-24,26-27H,8-9,11-13H2,1-2H3,(H,25,28);2*(H,6,7)/t14-,19+;;/m1../s1. The number of nitrogens with one attached hydrogen (secondary N) is 3. The molecule has 44 heavy (non-hydrogen) atoms. The van der Waals surface area contributed by atoms with Gasteiger partial charge in [0.15, 0.2) is 0 Å². The number of carbonyl (C=O) groups is 2. The van der Waals surface area contributed by atoms with Crippen molar-refractivity contribution < 1.29 is 61.1 Å². The second-order valence-corrected chi connectivity index (χ2v) is 10.0. The van der Waals surface area contributed by atoms with Gasteiger partial charge in [0.2, 0.25) is 0 Å². The summed E-state index contributed by atoms with van der Waals surface area (Å²) in [6.07, 6.45) is -10.1. The third-order valence-corrected chi connectivity index (χ3v) is 6.35. The summed E-state index contributed by atoms with van der Waals surface area (Å²) in [5, 5.41) is 41.4. The second-order valence-electron chi connectivity index (χ2n) is 9.03. The van der Waals surface area contributed by atoms with E-state index < -0.39 is 30.4 Å². The van der Waals surface area contributed by atoms with Crippen molar-refractivity contribution in [2.45, 2.75) is 44.4 Å². The fourth-order valence-electron chi connectivity index (χ4n) is 3.38. The van der Waals surface area contributed by atoms with Crippen LogP contribution in [0, 0.1) is 0 Å². The summed E-state index contributed by atoms with van der Waals surface area (Å²) < 4.78 is 69.2. The number of hydrogen-bond donors (Lipinski definition) is 7. The molecule has 0 aliphatic carbocycles. The summed E-state index contributed by atoms with van der Waals surface area (Å²) in [5.74, 6) is -5.50. The molecule has 0 spiro atoms. The number of carboxylic acids is 2. The Kier molecular flexibility index (Phi) is 15.3. The minimum atomic E-state index is -5.08. The quantitative estimate of drug-likeness (QED) is 0.119. The van der Waals surface area contributed by atoms with Crippen molar-refractivity contribution in [2.24, 2.45) is 0 Å². The van der Waals surface area contributed by atoms with Crippen molar-refractivity contribution in [1.82, 2.24) is 15.6 Å². The van der Waals surface area contributed by atoms with E-state index in [1.54, 1.807) is 13.2 Å². The Bertz CT molecular complexity index is 1390. The monoisotopic (exact) mass is 659 g/mol. The molecule has 0 fully saturated rings. The number of phenolic OH excluding ortho intramolecular Hbond substituents is 1. The van der Waals surface area contributed by atoms with E-state index in [1.165, 1.54) is 17.2 Å². The average molecular weight is 660 g/mol. The minimum absolute atomic E-state index is 0.0123. The van der Waals surface area contributed by atoms with Gasteiger partial charge in [-0.25, -0.2) is 9.59 Å². The van der Waals surface area contributed by atoms with Crippen LogP contribution in [-0.4, -0.2) is 82.5 Å². The fraction of sp³-hybridized carbons (Fsp3) is 0.423. The number of ether oxygens (including phenoxy) is 1. The van der Waals surface area contributed by atoms with E-state index in [9.17, 15) is 41.4 Å². The number of aromatic amines is 1. The second kappa shape index (κ2) is 17.6.